The fourth-order valence-corrected chi connectivity index (χ4v) is 2.11. The molecule has 1 aromatic rings. The lowest BCUT2D eigenvalue weighted by Gasteiger charge is -2.28. The molecule has 3 nitrogen and oxygen atoms in total. The largest absolute Gasteiger partial charge is 0.378 e. The number of alkyl halides is 2. The second kappa shape index (κ2) is 4.93. The topological polar surface area (TPSA) is 38.0 Å². The molecule has 1 aromatic heterocycles. The van der Waals surface area contributed by atoms with E-state index in [9.17, 15) is 13.9 Å². The number of nitrogens with zero attached hydrogens (tertiary/aromatic N) is 2. The summed E-state index contributed by atoms with van der Waals surface area (Å²) in [5.41, 5.74) is -0.504. The molecule has 104 valence electrons. The third-order valence-corrected chi connectivity index (χ3v) is 3.17. The molecule has 0 radical (unpaired) electrons. The molecule has 1 aliphatic carbocycles. The SMILES string of the molecule is CC(C)(O)C#Cc1ccn(C2CCC(F)(F)CC2)n1. The van der Waals surface area contributed by atoms with E-state index in [0.717, 1.165) is 0 Å². The van der Waals surface area contributed by atoms with Gasteiger partial charge in [-0.2, -0.15) is 5.10 Å². The summed E-state index contributed by atoms with van der Waals surface area (Å²) >= 11 is 0. The highest BCUT2D eigenvalue weighted by Gasteiger charge is 2.35. The molecule has 19 heavy (non-hydrogen) atoms. The van der Waals surface area contributed by atoms with Crippen LogP contribution in [0.4, 0.5) is 8.78 Å². The molecule has 1 fully saturated rings. The van der Waals surface area contributed by atoms with Crippen molar-refractivity contribution in [2.75, 3.05) is 0 Å². The summed E-state index contributed by atoms with van der Waals surface area (Å²) in [6.07, 6.45) is 2.48. The zero-order chi connectivity index (χ0) is 14.1. The zero-order valence-electron chi connectivity index (χ0n) is 11.2. The summed E-state index contributed by atoms with van der Waals surface area (Å²) < 4.78 is 27.9. The minimum absolute atomic E-state index is 0.0253. The highest BCUT2D eigenvalue weighted by atomic mass is 19.3. The monoisotopic (exact) mass is 268 g/mol. The van der Waals surface area contributed by atoms with Gasteiger partial charge in [-0.05, 0) is 38.7 Å². The Bertz CT molecular complexity index is 495. The quantitative estimate of drug-likeness (QED) is 0.795. The Kier molecular flexibility index (Phi) is 3.64. The Morgan fingerprint density at radius 2 is 2.05 bits per heavy atom. The first kappa shape index (κ1) is 14.0. The highest BCUT2D eigenvalue weighted by molar-refractivity contribution is 5.28. The van der Waals surface area contributed by atoms with Crippen LogP contribution in [0.25, 0.3) is 0 Å². The van der Waals surface area contributed by atoms with Crippen LogP contribution in [-0.2, 0) is 0 Å². The summed E-state index contributed by atoms with van der Waals surface area (Å²) in [4.78, 5) is 0. The van der Waals surface area contributed by atoms with Gasteiger partial charge >= 0.3 is 0 Å². The molecule has 0 aromatic carbocycles. The zero-order valence-corrected chi connectivity index (χ0v) is 11.2. The van der Waals surface area contributed by atoms with Crippen LogP contribution >= 0.6 is 0 Å². The number of halogens is 2. The first-order valence-electron chi connectivity index (χ1n) is 6.44. The molecule has 0 saturated heterocycles. The molecule has 0 unspecified atom stereocenters. The normalized spacial score (nSPS) is 19.8. The molecule has 1 heterocycles. The van der Waals surface area contributed by atoms with Gasteiger partial charge in [0.15, 0.2) is 0 Å². The predicted octanol–water partition coefficient (Wildman–Crippen LogP) is 2.76. The number of aliphatic hydroxyl groups is 1. The summed E-state index contributed by atoms with van der Waals surface area (Å²) in [7, 11) is 0. The fourth-order valence-electron chi connectivity index (χ4n) is 2.11. The highest BCUT2D eigenvalue weighted by Crippen LogP contribution is 2.38. The minimum atomic E-state index is -2.52. The lowest BCUT2D eigenvalue weighted by atomic mass is 9.92. The van der Waals surface area contributed by atoms with Crippen LogP contribution in [0.5, 0.6) is 0 Å². The Balaban J connectivity index is 2.03. The molecule has 0 spiro atoms. The number of hydrogen-bond acceptors (Lipinski definition) is 2. The van der Waals surface area contributed by atoms with E-state index in [2.05, 4.69) is 16.9 Å². The smallest absolute Gasteiger partial charge is 0.248 e. The van der Waals surface area contributed by atoms with Gasteiger partial charge in [0.25, 0.3) is 0 Å². The van der Waals surface area contributed by atoms with Crippen molar-refractivity contribution in [3.63, 3.8) is 0 Å². The van der Waals surface area contributed by atoms with Crippen LogP contribution < -0.4 is 0 Å². The lowest BCUT2D eigenvalue weighted by Crippen LogP contribution is -2.26. The van der Waals surface area contributed by atoms with Crippen LogP contribution in [0.1, 0.15) is 51.3 Å². The molecule has 1 N–H and O–H groups in total. The molecule has 0 amide bonds. The van der Waals surface area contributed by atoms with Crippen LogP contribution in [0.15, 0.2) is 12.3 Å². The molecular weight excluding hydrogens is 250 g/mol. The van der Waals surface area contributed by atoms with Crippen LogP contribution in [0, 0.1) is 11.8 Å². The second-order valence-electron chi connectivity index (χ2n) is 5.58. The Labute approximate surface area is 111 Å². The maximum Gasteiger partial charge on any atom is 0.248 e. The first-order chi connectivity index (χ1) is 8.75. The maximum atomic E-state index is 13.1. The van der Waals surface area contributed by atoms with Crippen molar-refractivity contribution in [2.45, 2.75) is 57.1 Å². The van der Waals surface area contributed by atoms with Gasteiger partial charge in [0, 0.05) is 19.0 Å². The predicted molar refractivity (Wildman–Crippen MR) is 67.9 cm³/mol. The van der Waals surface area contributed by atoms with E-state index < -0.39 is 11.5 Å². The van der Waals surface area contributed by atoms with E-state index in [4.69, 9.17) is 0 Å². The molecule has 2 rings (SSSR count). The number of aromatic nitrogens is 2. The Morgan fingerprint density at radius 1 is 1.42 bits per heavy atom. The van der Waals surface area contributed by atoms with E-state index in [1.807, 2.05) is 0 Å². The molecule has 5 heteroatoms. The van der Waals surface area contributed by atoms with Gasteiger partial charge in [-0.15, -0.1) is 0 Å². The molecule has 0 aliphatic heterocycles. The molecule has 0 atom stereocenters. The maximum absolute atomic E-state index is 13.1. The van der Waals surface area contributed by atoms with Gasteiger partial charge in [0.1, 0.15) is 11.3 Å². The summed E-state index contributed by atoms with van der Waals surface area (Å²) in [6, 6.07) is 1.77. The van der Waals surface area contributed by atoms with Gasteiger partial charge in [-0.1, -0.05) is 5.92 Å². The molecule has 1 aliphatic rings. The Morgan fingerprint density at radius 3 is 2.63 bits per heavy atom. The molecular formula is C14H18F2N2O. The van der Waals surface area contributed by atoms with E-state index in [1.165, 1.54) is 0 Å². The second-order valence-corrected chi connectivity index (χ2v) is 5.58. The third-order valence-electron chi connectivity index (χ3n) is 3.17. The summed E-state index contributed by atoms with van der Waals surface area (Å²) in [5, 5.41) is 13.8. The van der Waals surface area contributed by atoms with E-state index in [1.54, 1.807) is 30.8 Å². The number of rotatable bonds is 1. The van der Waals surface area contributed by atoms with Gasteiger partial charge in [-0.3, -0.25) is 4.68 Å². The number of hydrogen-bond donors (Lipinski definition) is 1. The molecule has 1 saturated carbocycles. The average Bonchev–Trinajstić information content (AvgIpc) is 2.74. The van der Waals surface area contributed by atoms with Crippen molar-refractivity contribution >= 4 is 0 Å². The van der Waals surface area contributed by atoms with E-state index in [-0.39, 0.29) is 18.9 Å². The van der Waals surface area contributed by atoms with Crippen molar-refractivity contribution in [3.05, 3.63) is 18.0 Å². The van der Waals surface area contributed by atoms with Crippen LogP contribution in [-0.4, -0.2) is 26.4 Å². The summed E-state index contributed by atoms with van der Waals surface area (Å²) in [5.74, 6) is 2.94. The van der Waals surface area contributed by atoms with Crippen molar-refractivity contribution in [1.82, 2.24) is 9.78 Å². The molecule has 0 bridgehead atoms. The van der Waals surface area contributed by atoms with E-state index in [0.29, 0.717) is 18.5 Å². The van der Waals surface area contributed by atoms with Crippen molar-refractivity contribution in [3.8, 4) is 11.8 Å². The average molecular weight is 268 g/mol. The Hall–Kier alpha value is -1.41. The van der Waals surface area contributed by atoms with Gasteiger partial charge in [0.2, 0.25) is 5.92 Å². The van der Waals surface area contributed by atoms with Gasteiger partial charge < -0.3 is 5.11 Å². The third kappa shape index (κ3) is 4.03. The van der Waals surface area contributed by atoms with Gasteiger partial charge in [-0.25, -0.2) is 8.78 Å². The standard InChI is InChI=1S/C14H18F2N2O/c1-13(2,19)7-3-11-6-10-18(17-11)12-4-8-14(15,16)9-5-12/h6,10,12,19H,4-5,8-9H2,1-2H3. The van der Waals surface area contributed by atoms with E-state index >= 15 is 0 Å². The summed E-state index contributed by atoms with van der Waals surface area (Å²) in [6.45, 7) is 3.19. The van der Waals surface area contributed by atoms with Crippen molar-refractivity contribution in [2.24, 2.45) is 0 Å². The van der Waals surface area contributed by atoms with Crippen molar-refractivity contribution < 1.29 is 13.9 Å². The van der Waals surface area contributed by atoms with Crippen LogP contribution in [0.3, 0.4) is 0 Å². The fraction of sp³-hybridized carbons (Fsp3) is 0.643. The minimum Gasteiger partial charge on any atom is -0.378 e. The first-order valence-corrected chi connectivity index (χ1v) is 6.44. The van der Waals surface area contributed by atoms with Crippen molar-refractivity contribution in [1.29, 1.82) is 0 Å². The van der Waals surface area contributed by atoms with Crippen LogP contribution in [0.2, 0.25) is 0 Å². The lowest BCUT2D eigenvalue weighted by molar-refractivity contribution is -0.0450. The van der Waals surface area contributed by atoms with Gasteiger partial charge in [0.05, 0.1) is 6.04 Å².